The highest BCUT2D eigenvalue weighted by molar-refractivity contribution is 5.43. The third-order valence-corrected chi connectivity index (χ3v) is 3.14. The van der Waals surface area contributed by atoms with Gasteiger partial charge in [0.1, 0.15) is 6.61 Å². The fourth-order valence-electron chi connectivity index (χ4n) is 2.01. The van der Waals surface area contributed by atoms with E-state index in [9.17, 15) is 5.11 Å². The fraction of sp³-hybridized carbons (Fsp3) is 0.400. The summed E-state index contributed by atoms with van der Waals surface area (Å²) in [6.07, 6.45) is -0.530. The maximum absolute atomic E-state index is 9.57. The molecule has 5 nitrogen and oxygen atoms in total. The van der Waals surface area contributed by atoms with Crippen LogP contribution >= 0.6 is 0 Å². The number of hydrogen-bond donors (Lipinski definition) is 1. The monoisotopic (exact) mass is 276 g/mol. The Labute approximate surface area is 118 Å². The second-order valence-corrected chi connectivity index (χ2v) is 4.78. The van der Waals surface area contributed by atoms with Gasteiger partial charge in [-0.2, -0.15) is 5.10 Å². The molecule has 1 N–H and O–H groups in total. The molecule has 5 heteroatoms. The van der Waals surface area contributed by atoms with Gasteiger partial charge in [-0.3, -0.25) is 4.68 Å². The van der Waals surface area contributed by atoms with Crippen LogP contribution in [0.3, 0.4) is 0 Å². The van der Waals surface area contributed by atoms with Gasteiger partial charge in [-0.05, 0) is 37.6 Å². The van der Waals surface area contributed by atoms with Crippen molar-refractivity contribution in [1.82, 2.24) is 9.78 Å². The maximum atomic E-state index is 9.57. The van der Waals surface area contributed by atoms with Crippen LogP contribution in [0.1, 0.15) is 30.0 Å². The molecule has 0 saturated carbocycles. The SMILES string of the molecule is COc1cc([C@@H](C)O)ccc1OCc1cc(C)nn1C. The number of nitrogens with zero attached hydrogens (tertiary/aromatic N) is 2. The number of rotatable bonds is 5. The highest BCUT2D eigenvalue weighted by Gasteiger charge is 2.10. The molecule has 1 heterocycles. The number of hydrogen-bond acceptors (Lipinski definition) is 4. The van der Waals surface area contributed by atoms with E-state index in [0.717, 1.165) is 17.0 Å². The van der Waals surface area contributed by atoms with Crippen molar-refractivity contribution in [2.75, 3.05) is 7.11 Å². The van der Waals surface area contributed by atoms with Crippen molar-refractivity contribution < 1.29 is 14.6 Å². The Morgan fingerprint density at radius 2 is 2.05 bits per heavy atom. The number of ether oxygens (including phenoxy) is 2. The first-order valence-corrected chi connectivity index (χ1v) is 6.49. The van der Waals surface area contributed by atoms with Crippen molar-refractivity contribution in [1.29, 1.82) is 0 Å². The van der Waals surface area contributed by atoms with Gasteiger partial charge in [-0.15, -0.1) is 0 Å². The predicted octanol–water partition coefficient (Wildman–Crippen LogP) is 2.37. The molecule has 1 aromatic heterocycles. The minimum atomic E-state index is -0.530. The lowest BCUT2D eigenvalue weighted by Crippen LogP contribution is -2.04. The third-order valence-electron chi connectivity index (χ3n) is 3.14. The number of methoxy groups -OCH3 is 1. The summed E-state index contributed by atoms with van der Waals surface area (Å²) >= 11 is 0. The van der Waals surface area contributed by atoms with E-state index in [2.05, 4.69) is 5.10 Å². The minimum absolute atomic E-state index is 0.418. The molecule has 0 aliphatic heterocycles. The van der Waals surface area contributed by atoms with Gasteiger partial charge in [-0.1, -0.05) is 6.07 Å². The quantitative estimate of drug-likeness (QED) is 0.911. The molecule has 0 unspecified atom stereocenters. The van der Waals surface area contributed by atoms with Crippen molar-refractivity contribution in [3.63, 3.8) is 0 Å². The van der Waals surface area contributed by atoms with Crippen LogP contribution in [0.4, 0.5) is 0 Å². The van der Waals surface area contributed by atoms with Gasteiger partial charge in [0.15, 0.2) is 11.5 Å². The summed E-state index contributed by atoms with van der Waals surface area (Å²) in [4.78, 5) is 0. The molecule has 0 aliphatic carbocycles. The lowest BCUT2D eigenvalue weighted by molar-refractivity contribution is 0.198. The molecule has 2 aromatic rings. The first kappa shape index (κ1) is 14.4. The van der Waals surface area contributed by atoms with E-state index in [1.807, 2.05) is 32.2 Å². The molecular formula is C15H20N2O3. The number of aromatic nitrogens is 2. The predicted molar refractivity (Wildman–Crippen MR) is 75.9 cm³/mol. The topological polar surface area (TPSA) is 56.5 Å². The average Bonchev–Trinajstić information content (AvgIpc) is 2.74. The van der Waals surface area contributed by atoms with Gasteiger partial charge in [0.05, 0.1) is 24.6 Å². The largest absolute Gasteiger partial charge is 0.493 e. The average molecular weight is 276 g/mol. The first-order chi connectivity index (χ1) is 9.51. The van der Waals surface area contributed by atoms with E-state index in [1.54, 1.807) is 24.8 Å². The Bertz CT molecular complexity index is 591. The summed E-state index contributed by atoms with van der Waals surface area (Å²) in [6.45, 7) is 4.08. The summed E-state index contributed by atoms with van der Waals surface area (Å²) in [5.74, 6) is 1.26. The molecule has 108 valence electrons. The van der Waals surface area contributed by atoms with Crippen LogP contribution in [0.5, 0.6) is 11.5 Å². The standard InChI is InChI=1S/C15H20N2O3/c1-10-7-13(17(3)16-10)9-20-14-6-5-12(11(2)18)8-15(14)19-4/h5-8,11,18H,9H2,1-4H3/t11-/m1/s1. The second-order valence-electron chi connectivity index (χ2n) is 4.78. The molecule has 0 amide bonds. The van der Waals surface area contributed by atoms with Crippen molar-refractivity contribution in [3.05, 3.63) is 41.2 Å². The molecule has 1 aromatic carbocycles. The summed E-state index contributed by atoms with van der Waals surface area (Å²) in [5, 5.41) is 13.8. The van der Waals surface area contributed by atoms with E-state index in [0.29, 0.717) is 18.1 Å². The van der Waals surface area contributed by atoms with Gasteiger partial charge in [-0.25, -0.2) is 0 Å². The van der Waals surface area contributed by atoms with Crippen molar-refractivity contribution in [3.8, 4) is 11.5 Å². The smallest absolute Gasteiger partial charge is 0.161 e. The third kappa shape index (κ3) is 3.11. The molecule has 0 spiro atoms. The number of aryl methyl sites for hydroxylation is 2. The Morgan fingerprint density at radius 1 is 1.30 bits per heavy atom. The van der Waals surface area contributed by atoms with Gasteiger partial charge in [0.25, 0.3) is 0 Å². The summed E-state index contributed by atoms with van der Waals surface area (Å²) in [5.41, 5.74) is 2.75. The summed E-state index contributed by atoms with van der Waals surface area (Å²) in [6, 6.07) is 7.41. The van der Waals surface area contributed by atoms with Crippen molar-refractivity contribution in [2.45, 2.75) is 26.6 Å². The minimum Gasteiger partial charge on any atom is -0.493 e. The maximum Gasteiger partial charge on any atom is 0.161 e. The van der Waals surface area contributed by atoms with Gasteiger partial charge in [0.2, 0.25) is 0 Å². The van der Waals surface area contributed by atoms with Crippen LogP contribution in [0.2, 0.25) is 0 Å². The van der Waals surface area contributed by atoms with Gasteiger partial charge >= 0.3 is 0 Å². The highest BCUT2D eigenvalue weighted by atomic mass is 16.5. The Hall–Kier alpha value is -2.01. The van der Waals surface area contributed by atoms with Crippen LogP contribution in [0.25, 0.3) is 0 Å². The second kappa shape index (κ2) is 5.96. The molecule has 0 aliphatic rings. The molecule has 0 radical (unpaired) electrons. The normalized spacial score (nSPS) is 12.2. The van der Waals surface area contributed by atoms with Crippen LogP contribution in [0, 0.1) is 6.92 Å². The summed E-state index contributed by atoms with van der Waals surface area (Å²) in [7, 11) is 3.47. The Morgan fingerprint density at radius 3 is 2.60 bits per heavy atom. The first-order valence-electron chi connectivity index (χ1n) is 6.49. The zero-order valence-electron chi connectivity index (χ0n) is 12.3. The van der Waals surface area contributed by atoms with E-state index in [1.165, 1.54) is 0 Å². The molecule has 0 fully saturated rings. The number of aliphatic hydroxyl groups is 1. The van der Waals surface area contributed by atoms with E-state index < -0.39 is 6.10 Å². The van der Waals surface area contributed by atoms with Crippen LogP contribution in [-0.2, 0) is 13.7 Å². The number of aliphatic hydroxyl groups excluding tert-OH is 1. The van der Waals surface area contributed by atoms with Crippen molar-refractivity contribution in [2.24, 2.45) is 7.05 Å². The van der Waals surface area contributed by atoms with Gasteiger partial charge < -0.3 is 14.6 Å². The van der Waals surface area contributed by atoms with Gasteiger partial charge in [0, 0.05) is 7.05 Å². The van der Waals surface area contributed by atoms with E-state index in [4.69, 9.17) is 9.47 Å². The number of benzene rings is 1. The fourth-order valence-corrected chi connectivity index (χ4v) is 2.01. The lowest BCUT2D eigenvalue weighted by Gasteiger charge is -2.13. The van der Waals surface area contributed by atoms with Crippen LogP contribution in [-0.4, -0.2) is 22.0 Å². The molecule has 1 atom stereocenters. The molecule has 0 saturated heterocycles. The Kier molecular flexibility index (Phi) is 4.29. The zero-order valence-corrected chi connectivity index (χ0v) is 12.3. The van der Waals surface area contributed by atoms with Crippen LogP contribution in [0.15, 0.2) is 24.3 Å². The summed E-state index contributed by atoms with van der Waals surface area (Å²) < 4.78 is 12.9. The molecule has 0 bridgehead atoms. The Balaban J connectivity index is 2.15. The molecule has 2 rings (SSSR count). The lowest BCUT2D eigenvalue weighted by atomic mass is 10.1. The van der Waals surface area contributed by atoms with E-state index in [-0.39, 0.29) is 0 Å². The molecular weight excluding hydrogens is 256 g/mol. The highest BCUT2D eigenvalue weighted by Crippen LogP contribution is 2.30. The zero-order chi connectivity index (χ0) is 14.7. The van der Waals surface area contributed by atoms with Crippen molar-refractivity contribution >= 4 is 0 Å². The van der Waals surface area contributed by atoms with E-state index >= 15 is 0 Å². The van der Waals surface area contributed by atoms with Crippen LogP contribution < -0.4 is 9.47 Å². The molecule has 20 heavy (non-hydrogen) atoms.